The molecule has 0 aliphatic heterocycles. The largest absolute Gasteiger partial charge is 2.00 e. The van der Waals surface area contributed by atoms with Crippen molar-refractivity contribution in [3.8, 4) is 17.2 Å². The maximum Gasteiger partial charge on any atom is 2.00 e. The van der Waals surface area contributed by atoms with Crippen LogP contribution in [0.1, 0.15) is 10.4 Å². The second-order valence-corrected chi connectivity index (χ2v) is 3.37. The molecule has 1 aromatic rings. The number of hydrogen-bond donors (Lipinski definition) is 3. The van der Waals surface area contributed by atoms with Crippen LogP contribution in [0.5, 0.6) is 17.2 Å². The molecule has 0 aliphatic rings. The second kappa shape index (κ2) is 9.40. The summed E-state index contributed by atoms with van der Waals surface area (Å²) < 4.78 is 34.1. The molecule has 0 radical (unpaired) electrons. The molecular weight excluding hydrogens is 309 g/mol. The molecule has 0 bridgehead atoms. The molecule has 1 rings (SSSR count). The predicted octanol–water partition coefficient (Wildman–Crippen LogP) is -2.23. The van der Waals surface area contributed by atoms with Crippen LogP contribution in [0.2, 0.25) is 0 Å². The van der Waals surface area contributed by atoms with Crippen LogP contribution in [0.15, 0.2) is 12.1 Å². The van der Waals surface area contributed by atoms with Gasteiger partial charge in [-0.15, -0.1) is 0 Å². The van der Waals surface area contributed by atoms with E-state index in [2.05, 4.69) is 0 Å². The van der Waals surface area contributed by atoms with Gasteiger partial charge in [0.2, 0.25) is 0 Å². The SMILES string of the molecule is O=C(O)c1cc(O)c([O-])c(O)c1.O=S(=O)([O-])[O-].[Mg+2].[Mg+2]. The van der Waals surface area contributed by atoms with Crippen molar-refractivity contribution in [3.05, 3.63) is 17.7 Å². The van der Waals surface area contributed by atoms with Gasteiger partial charge in [0.15, 0.2) is 0 Å². The summed E-state index contributed by atoms with van der Waals surface area (Å²) in [5.74, 6) is -3.83. The number of carboxylic acids is 1. The molecule has 1 aromatic carbocycles. The van der Waals surface area contributed by atoms with Crippen LogP contribution >= 0.6 is 0 Å². The number of benzene rings is 1. The van der Waals surface area contributed by atoms with E-state index in [9.17, 15) is 9.90 Å². The van der Waals surface area contributed by atoms with Crippen LogP contribution in [-0.4, -0.2) is 84.9 Å². The van der Waals surface area contributed by atoms with E-state index >= 15 is 0 Å². The smallest absolute Gasteiger partial charge is 0.867 e. The molecule has 0 spiro atoms. The minimum atomic E-state index is -5.17. The number of hydrogen-bond acceptors (Lipinski definition) is 8. The molecule has 0 aliphatic carbocycles. The third-order valence-corrected chi connectivity index (χ3v) is 1.30. The molecule has 0 saturated heterocycles. The van der Waals surface area contributed by atoms with E-state index in [0.717, 1.165) is 12.1 Å². The monoisotopic (exact) mass is 313 g/mol. The fraction of sp³-hybridized carbons (Fsp3) is 0. The first kappa shape index (κ1) is 23.6. The Morgan fingerprint density at radius 2 is 1.32 bits per heavy atom. The van der Waals surface area contributed by atoms with Crippen molar-refractivity contribution in [1.82, 2.24) is 0 Å². The number of phenolic OH excluding ortho intramolecular Hbond substituents is 2. The summed E-state index contributed by atoms with van der Waals surface area (Å²) in [6, 6.07) is 1.56. The number of carbonyl (C=O) groups is 1. The van der Waals surface area contributed by atoms with Gasteiger partial charge in [0, 0.05) is 10.4 Å². The standard InChI is InChI=1S/C7H6O5.2Mg.H2O4S/c8-4-1-3(7(11)12)2-5(9)6(4)10;;;1-5(2,3)4/h1-2,8-10H,(H,11,12);;;(H2,1,2,3,4)/q;2*+2;/p-3. The van der Waals surface area contributed by atoms with Crippen LogP contribution in [0, 0.1) is 0 Å². The molecule has 0 amide bonds. The Bertz CT molecular complexity index is 496. The van der Waals surface area contributed by atoms with Crippen LogP contribution in [-0.2, 0) is 10.4 Å². The van der Waals surface area contributed by atoms with E-state index in [1.54, 1.807) is 0 Å². The van der Waals surface area contributed by atoms with Crippen LogP contribution in [0.3, 0.4) is 0 Å². The third kappa shape index (κ3) is 11.0. The molecule has 0 heterocycles. The average molecular weight is 314 g/mol. The van der Waals surface area contributed by atoms with E-state index in [0.29, 0.717) is 0 Å². The van der Waals surface area contributed by atoms with Gasteiger partial charge in [-0.1, -0.05) is 0 Å². The predicted molar refractivity (Wildman–Crippen MR) is 58.2 cm³/mol. The molecule has 3 N–H and O–H groups in total. The van der Waals surface area contributed by atoms with E-state index in [1.807, 2.05) is 0 Å². The molecule has 0 unspecified atom stereocenters. The van der Waals surface area contributed by atoms with Crippen molar-refractivity contribution in [3.63, 3.8) is 0 Å². The summed E-state index contributed by atoms with van der Waals surface area (Å²) in [5.41, 5.74) is -0.329. The summed E-state index contributed by atoms with van der Waals surface area (Å²) >= 11 is 0. The summed E-state index contributed by atoms with van der Waals surface area (Å²) in [5, 5.41) is 36.6. The van der Waals surface area contributed by atoms with E-state index in [-0.39, 0.29) is 51.7 Å². The number of phenols is 2. The minimum Gasteiger partial charge on any atom is -0.867 e. The van der Waals surface area contributed by atoms with Gasteiger partial charge in [-0.2, -0.15) is 0 Å². The van der Waals surface area contributed by atoms with Crippen molar-refractivity contribution < 1.29 is 42.7 Å². The van der Waals surface area contributed by atoms with Crippen molar-refractivity contribution in [2.45, 2.75) is 0 Å². The Hall–Kier alpha value is -0.508. The summed E-state index contributed by atoms with van der Waals surface area (Å²) in [6.45, 7) is 0. The molecule has 19 heavy (non-hydrogen) atoms. The van der Waals surface area contributed by atoms with Gasteiger partial charge in [-0.3, -0.25) is 8.42 Å². The first-order chi connectivity index (χ1) is 7.52. The van der Waals surface area contributed by atoms with Crippen molar-refractivity contribution in [2.24, 2.45) is 0 Å². The van der Waals surface area contributed by atoms with Gasteiger partial charge in [-0.25, -0.2) is 4.79 Å². The molecule has 9 nitrogen and oxygen atoms in total. The van der Waals surface area contributed by atoms with Gasteiger partial charge < -0.3 is 29.5 Å². The number of carboxylic acid groups (broad SMARTS) is 1. The molecule has 96 valence electrons. The topological polar surface area (TPSA) is 181 Å². The van der Waals surface area contributed by atoms with Crippen LogP contribution < -0.4 is 5.11 Å². The molecule has 0 saturated carbocycles. The van der Waals surface area contributed by atoms with Crippen molar-refractivity contribution in [1.29, 1.82) is 0 Å². The van der Waals surface area contributed by atoms with E-state index in [1.165, 1.54) is 0 Å². The Morgan fingerprint density at radius 3 is 1.53 bits per heavy atom. The zero-order valence-electron chi connectivity index (χ0n) is 9.27. The van der Waals surface area contributed by atoms with E-state index in [4.69, 9.17) is 32.8 Å². The Kier molecular flexibility index (Phi) is 11.7. The Labute approximate surface area is 139 Å². The normalized spacial score (nSPS) is 9.16. The van der Waals surface area contributed by atoms with Gasteiger partial charge in [0.25, 0.3) is 0 Å². The number of aromatic carboxylic acids is 1. The molecule has 0 atom stereocenters. The summed E-state index contributed by atoms with van der Waals surface area (Å²) in [6.07, 6.45) is 0. The minimum absolute atomic E-state index is 0. The van der Waals surface area contributed by atoms with E-state index < -0.39 is 33.6 Å². The first-order valence-corrected chi connectivity index (χ1v) is 4.98. The first-order valence-electron chi connectivity index (χ1n) is 3.65. The maximum atomic E-state index is 10.7. The van der Waals surface area contributed by atoms with Gasteiger partial charge in [-0.05, 0) is 17.9 Å². The third-order valence-electron chi connectivity index (χ3n) is 1.30. The number of rotatable bonds is 1. The summed E-state index contributed by atoms with van der Waals surface area (Å²) in [7, 11) is -5.17. The molecule has 0 fully saturated rings. The zero-order chi connectivity index (χ0) is 13.8. The number of aromatic hydroxyl groups is 2. The Balaban J connectivity index is -0.000000320. The fourth-order valence-electron chi connectivity index (χ4n) is 0.722. The van der Waals surface area contributed by atoms with Crippen molar-refractivity contribution in [2.75, 3.05) is 0 Å². The van der Waals surface area contributed by atoms with Gasteiger partial charge >= 0.3 is 52.1 Å². The Morgan fingerprint density at radius 1 is 1.05 bits per heavy atom. The summed E-state index contributed by atoms with van der Waals surface area (Å²) in [4.78, 5) is 10.3. The maximum absolute atomic E-state index is 10.7. The molecular formula is C7H5Mg2O9S+. The zero-order valence-corrected chi connectivity index (χ0v) is 12.9. The molecule has 0 aromatic heterocycles. The van der Waals surface area contributed by atoms with Crippen molar-refractivity contribution >= 4 is 62.5 Å². The molecule has 12 heteroatoms. The van der Waals surface area contributed by atoms with Crippen LogP contribution in [0.25, 0.3) is 0 Å². The second-order valence-electron chi connectivity index (χ2n) is 2.56. The van der Waals surface area contributed by atoms with Gasteiger partial charge in [0.1, 0.15) is 11.5 Å². The fourth-order valence-corrected chi connectivity index (χ4v) is 0.722. The average Bonchev–Trinajstić information content (AvgIpc) is 2.10. The quantitative estimate of drug-likeness (QED) is 0.293. The van der Waals surface area contributed by atoms with Gasteiger partial charge in [0.05, 0.1) is 5.56 Å². The van der Waals surface area contributed by atoms with Crippen LogP contribution in [0.4, 0.5) is 0 Å².